The van der Waals surface area contributed by atoms with Crippen LogP contribution in [0.4, 0.5) is 0 Å². The van der Waals surface area contributed by atoms with Gasteiger partial charge in [0.1, 0.15) is 16.9 Å². The molecule has 0 unspecified atom stereocenters. The van der Waals surface area contributed by atoms with Crippen LogP contribution in [0.25, 0.3) is 43.8 Å². The van der Waals surface area contributed by atoms with Crippen LogP contribution >= 0.6 is 0 Å². The van der Waals surface area contributed by atoms with Gasteiger partial charge < -0.3 is 9.15 Å². The minimum atomic E-state index is 0.860. The molecule has 2 heteroatoms. The Labute approximate surface area is 158 Å². The monoisotopic (exact) mass is 352 g/mol. The van der Waals surface area contributed by atoms with Gasteiger partial charge in [0.05, 0.1) is 7.11 Å². The Bertz CT molecular complexity index is 1310. The second-order valence-electron chi connectivity index (χ2n) is 7.13. The predicted molar refractivity (Wildman–Crippen MR) is 113 cm³/mol. The fourth-order valence-electron chi connectivity index (χ4n) is 4.10. The number of aryl methyl sites for hydroxylation is 2. The van der Waals surface area contributed by atoms with Crippen molar-refractivity contribution in [2.45, 2.75) is 13.8 Å². The minimum absolute atomic E-state index is 0.860. The van der Waals surface area contributed by atoms with Crippen LogP contribution in [0.15, 0.2) is 71.1 Å². The lowest BCUT2D eigenvalue weighted by molar-refractivity contribution is 0.415. The van der Waals surface area contributed by atoms with Gasteiger partial charge in [-0.25, -0.2) is 0 Å². The Kier molecular flexibility index (Phi) is 3.48. The second-order valence-corrected chi connectivity index (χ2v) is 7.13. The van der Waals surface area contributed by atoms with Gasteiger partial charge in [0.2, 0.25) is 0 Å². The number of furan rings is 1. The summed E-state index contributed by atoms with van der Waals surface area (Å²) in [5, 5.41) is 4.85. The molecule has 4 aromatic carbocycles. The molecule has 0 amide bonds. The van der Waals surface area contributed by atoms with Crippen LogP contribution < -0.4 is 4.74 Å². The molecule has 0 aliphatic carbocycles. The van der Waals surface area contributed by atoms with Crippen LogP contribution in [-0.2, 0) is 0 Å². The van der Waals surface area contributed by atoms with Crippen LogP contribution in [0.3, 0.4) is 0 Å². The van der Waals surface area contributed by atoms with Crippen molar-refractivity contribution >= 4 is 32.7 Å². The van der Waals surface area contributed by atoms with E-state index in [2.05, 4.69) is 68.4 Å². The van der Waals surface area contributed by atoms with Gasteiger partial charge in [0.25, 0.3) is 0 Å². The highest BCUT2D eigenvalue weighted by Crippen LogP contribution is 2.41. The van der Waals surface area contributed by atoms with E-state index in [1.807, 2.05) is 12.1 Å². The Morgan fingerprint density at radius 3 is 2.26 bits per heavy atom. The number of rotatable bonds is 2. The van der Waals surface area contributed by atoms with Crippen molar-refractivity contribution in [1.82, 2.24) is 0 Å². The maximum atomic E-state index is 6.33. The molecule has 1 aromatic heterocycles. The number of fused-ring (bicyclic) bond motifs is 5. The fraction of sp³-hybridized carbons (Fsp3) is 0.120. The maximum absolute atomic E-state index is 6.33. The Morgan fingerprint density at radius 1 is 0.778 bits per heavy atom. The Hall–Kier alpha value is -3.26. The molecule has 5 aromatic rings. The molecular weight excluding hydrogens is 332 g/mol. The van der Waals surface area contributed by atoms with Gasteiger partial charge in [-0.2, -0.15) is 0 Å². The van der Waals surface area contributed by atoms with Crippen LogP contribution in [0.2, 0.25) is 0 Å². The molecular formula is C25H20O2. The predicted octanol–water partition coefficient (Wildman–Crippen LogP) is 7.03. The van der Waals surface area contributed by atoms with Gasteiger partial charge in [-0.05, 0) is 71.1 Å². The summed E-state index contributed by atoms with van der Waals surface area (Å²) < 4.78 is 11.6. The van der Waals surface area contributed by atoms with Crippen molar-refractivity contribution in [3.8, 4) is 16.9 Å². The van der Waals surface area contributed by atoms with Gasteiger partial charge in [0, 0.05) is 10.8 Å². The van der Waals surface area contributed by atoms with Crippen LogP contribution in [0, 0.1) is 13.8 Å². The molecule has 1 heterocycles. The largest absolute Gasteiger partial charge is 0.497 e. The zero-order valence-corrected chi connectivity index (χ0v) is 15.7. The third-order valence-corrected chi connectivity index (χ3v) is 5.31. The van der Waals surface area contributed by atoms with Gasteiger partial charge in [-0.1, -0.05) is 42.5 Å². The second kappa shape index (κ2) is 5.88. The number of ether oxygens (including phenoxy) is 1. The zero-order chi connectivity index (χ0) is 18.5. The zero-order valence-electron chi connectivity index (χ0n) is 15.7. The first kappa shape index (κ1) is 16.0. The molecule has 0 aliphatic rings. The maximum Gasteiger partial charge on any atom is 0.138 e. The first-order valence-corrected chi connectivity index (χ1v) is 9.15. The summed E-state index contributed by atoms with van der Waals surface area (Å²) in [6.07, 6.45) is 0. The SMILES string of the molecule is COc1ccc(-c2cc3oc4c(C)cc(C)cc4c3c3ccccc23)cc1. The first-order chi connectivity index (χ1) is 13.2. The molecule has 5 rings (SSSR count). The van der Waals surface area contributed by atoms with Crippen molar-refractivity contribution < 1.29 is 9.15 Å². The standard InChI is InChI=1S/C25H20O2/c1-15-12-16(2)25-22(13-15)24-20-7-5-4-6-19(20)21(14-23(24)27-25)17-8-10-18(26-3)11-9-17/h4-14H,1-3H3. The quantitative estimate of drug-likeness (QED) is 0.340. The molecule has 2 nitrogen and oxygen atoms in total. The van der Waals surface area contributed by atoms with Crippen LogP contribution in [0.5, 0.6) is 5.75 Å². The summed E-state index contributed by atoms with van der Waals surface area (Å²) in [5.41, 5.74) is 6.68. The topological polar surface area (TPSA) is 22.4 Å². The molecule has 0 bridgehead atoms. The molecule has 0 saturated carbocycles. The molecule has 0 atom stereocenters. The molecule has 0 radical (unpaired) electrons. The van der Waals surface area contributed by atoms with Gasteiger partial charge in [-0.15, -0.1) is 0 Å². The number of hydrogen-bond donors (Lipinski definition) is 0. The number of hydrogen-bond acceptors (Lipinski definition) is 2. The first-order valence-electron chi connectivity index (χ1n) is 9.15. The van der Waals surface area contributed by atoms with Crippen LogP contribution in [0.1, 0.15) is 11.1 Å². The van der Waals surface area contributed by atoms with E-state index in [0.717, 1.165) is 22.5 Å². The van der Waals surface area contributed by atoms with E-state index in [1.165, 1.54) is 38.2 Å². The van der Waals surface area contributed by atoms with Gasteiger partial charge >= 0.3 is 0 Å². The van der Waals surface area contributed by atoms with Crippen molar-refractivity contribution in [2.24, 2.45) is 0 Å². The third kappa shape index (κ3) is 2.41. The highest BCUT2D eigenvalue weighted by molar-refractivity contribution is 6.22. The molecule has 0 spiro atoms. The summed E-state index contributed by atoms with van der Waals surface area (Å²) >= 11 is 0. The lowest BCUT2D eigenvalue weighted by Gasteiger charge is -2.09. The van der Waals surface area contributed by atoms with Gasteiger partial charge in [0.15, 0.2) is 0 Å². The summed E-state index contributed by atoms with van der Waals surface area (Å²) in [4.78, 5) is 0. The summed E-state index contributed by atoms with van der Waals surface area (Å²) in [6.45, 7) is 4.25. The van der Waals surface area contributed by atoms with Crippen molar-refractivity contribution in [2.75, 3.05) is 7.11 Å². The van der Waals surface area contributed by atoms with E-state index in [4.69, 9.17) is 9.15 Å². The highest BCUT2D eigenvalue weighted by Gasteiger charge is 2.16. The highest BCUT2D eigenvalue weighted by atomic mass is 16.5. The van der Waals surface area contributed by atoms with E-state index >= 15 is 0 Å². The van der Waals surface area contributed by atoms with E-state index in [0.29, 0.717) is 0 Å². The fourth-order valence-corrected chi connectivity index (χ4v) is 4.10. The Balaban J connectivity index is 1.92. The Morgan fingerprint density at radius 2 is 1.52 bits per heavy atom. The molecule has 0 N–H and O–H groups in total. The summed E-state index contributed by atoms with van der Waals surface area (Å²) in [7, 11) is 1.69. The number of methoxy groups -OCH3 is 1. The van der Waals surface area contributed by atoms with Crippen molar-refractivity contribution in [3.05, 3.63) is 77.9 Å². The minimum Gasteiger partial charge on any atom is -0.497 e. The normalized spacial score (nSPS) is 11.5. The van der Waals surface area contributed by atoms with E-state index in [1.54, 1.807) is 7.11 Å². The van der Waals surface area contributed by atoms with E-state index in [-0.39, 0.29) is 0 Å². The molecule has 0 fully saturated rings. The summed E-state index contributed by atoms with van der Waals surface area (Å²) in [6, 6.07) is 23.4. The molecule has 0 aliphatic heterocycles. The lowest BCUT2D eigenvalue weighted by atomic mass is 9.94. The molecule has 0 saturated heterocycles. The smallest absolute Gasteiger partial charge is 0.138 e. The lowest BCUT2D eigenvalue weighted by Crippen LogP contribution is -1.85. The third-order valence-electron chi connectivity index (χ3n) is 5.31. The molecule has 27 heavy (non-hydrogen) atoms. The summed E-state index contributed by atoms with van der Waals surface area (Å²) in [5.74, 6) is 0.860. The molecule has 132 valence electrons. The van der Waals surface area contributed by atoms with Gasteiger partial charge in [-0.3, -0.25) is 0 Å². The van der Waals surface area contributed by atoms with E-state index < -0.39 is 0 Å². The van der Waals surface area contributed by atoms with Crippen molar-refractivity contribution in [1.29, 1.82) is 0 Å². The number of benzene rings is 4. The average Bonchev–Trinajstić information content (AvgIpc) is 3.06. The van der Waals surface area contributed by atoms with Crippen molar-refractivity contribution in [3.63, 3.8) is 0 Å². The van der Waals surface area contributed by atoms with Crippen LogP contribution in [-0.4, -0.2) is 7.11 Å². The average molecular weight is 352 g/mol. The van der Waals surface area contributed by atoms with E-state index in [9.17, 15) is 0 Å².